The molecule has 2 aromatic rings. The Morgan fingerprint density at radius 2 is 1.81 bits per heavy atom. The Hall–Kier alpha value is -1.87. The van der Waals surface area contributed by atoms with Gasteiger partial charge in [-0.15, -0.1) is 0 Å². The largest absolute Gasteiger partial charge is 0.366 e. The summed E-state index contributed by atoms with van der Waals surface area (Å²) in [7, 11) is 1.96. The summed E-state index contributed by atoms with van der Waals surface area (Å²) in [6, 6.07) is 13.3. The lowest BCUT2D eigenvalue weighted by Gasteiger charge is -2.30. The van der Waals surface area contributed by atoms with E-state index in [2.05, 4.69) is 31.2 Å². The molecule has 2 nitrogen and oxygen atoms in total. The van der Waals surface area contributed by atoms with Crippen LogP contribution >= 0.6 is 0 Å². The summed E-state index contributed by atoms with van der Waals surface area (Å²) in [5, 5.41) is 0. The van der Waals surface area contributed by atoms with Crippen molar-refractivity contribution in [1.82, 2.24) is 0 Å². The van der Waals surface area contributed by atoms with E-state index in [1.807, 2.05) is 24.9 Å². The SMILES string of the molecule is CCc1ccc(N(C)C(CN)c2cc(C)ccc2F)cc1. The minimum Gasteiger partial charge on any atom is -0.366 e. The van der Waals surface area contributed by atoms with E-state index in [1.54, 1.807) is 6.07 Å². The molecule has 0 saturated heterocycles. The van der Waals surface area contributed by atoms with Crippen LogP contribution in [0.3, 0.4) is 0 Å². The predicted octanol–water partition coefficient (Wildman–Crippen LogP) is 3.83. The van der Waals surface area contributed by atoms with Crippen molar-refractivity contribution in [1.29, 1.82) is 0 Å². The lowest BCUT2D eigenvalue weighted by atomic mass is 10.0. The fourth-order valence-electron chi connectivity index (χ4n) is 2.56. The van der Waals surface area contributed by atoms with Crippen LogP contribution in [-0.2, 0) is 6.42 Å². The summed E-state index contributed by atoms with van der Waals surface area (Å²) in [5.74, 6) is -0.201. The smallest absolute Gasteiger partial charge is 0.128 e. The van der Waals surface area contributed by atoms with E-state index in [4.69, 9.17) is 5.73 Å². The first kappa shape index (κ1) is 15.5. The molecule has 0 aliphatic heterocycles. The van der Waals surface area contributed by atoms with E-state index >= 15 is 0 Å². The third-order valence-electron chi connectivity index (χ3n) is 3.95. The van der Waals surface area contributed by atoms with Gasteiger partial charge in [0.05, 0.1) is 6.04 Å². The first-order chi connectivity index (χ1) is 10.1. The molecule has 0 heterocycles. The van der Waals surface area contributed by atoms with Gasteiger partial charge in [-0.3, -0.25) is 0 Å². The van der Waals surface area contributed by atoms with E-state index < -0.39 is 0 Å². The normalized spacial score (nSPS) is 12.2. The summed E-state index contributed by atoms with van der Waals surface area (Å²) >= 11 is 0. The quantitative estimate of drug-likeness (QED) is 0.905. The van der Waals surface area contributed by atoms with Crippen molar-refractivity contribution < 1.29 is 4.39 Å². The van der Waals surface area contributed by atoms with Crippen molar-refractivity contribution in [3.05, 3.63) is 65.0 Å². The highest BCUT2D eigenvalue weighted by atomic mass is 19.1. The van der Waals surface area contributed by atoms with E-state index in [9.17, 15) is 4.39 Å². The summed E-state index contributed by atoms with van der Waals surface area (Å²) in [6.07, 6.45) is 1.01. The number of benzene rings is 2. The van der Waals surface area contributed by atoms with Crippen LogP contribution in [0, 0.1) is 12.7 Å². The maximum atomic E-state index is 14.1. The highest BCUT2D eigenvalue weighted by Crippen LogP contribution is 2.27. The van der Waals surface area contributed by atoms with Gasteiger partial charge in [0, 0.05) is 24.8 Å². The van der Waals surface area contributed by atoms with Crippen molar-refractivity contribution in [3.63, 3.8) is 0 Å². The first-order valence-corrected chi connectivity index (χ1v) is 7.34. The van der Waals surface area contributed by atoms with E-state index in [0.29, 0.717) is 12.1 Å². The van der Waals surface area contributed by atoms with Gasteiger partial charge in [0.25, 0.3) is 0 Å². The Labute approximate surface area is 126 Å². The highest BCUT2D eigenvalue weighted by molar-refractivity contribution is 5.50. The number of nitrogens with two attached hydrogens (primary N) is 1. The first-order valence-electron chi connectivity index (χ1n) is 7.34. The topological polar surface area (TPSA) is 29.3 Å². The van der Waals surface area contributed by atoms with Gasteiger partial charge in [0.1, 0.15) is 5.82 Å². The Morgan fingerprint density at radius 1 is 1.14 bits per heavy atom. The minimum absolute atomic E-state index is 0.169. The predicted molar refractivity (Wildman–Crippen MR) is 87.2 cm³/mol. The van der Waals surface area contributed by atoms with Crippen molar-refractivity contribution >= 4 is 5.69 Å². The van der Waals surface area contributed by atoms with Gasteiger partial charge < -0.3 is 10.6 Å². The Balaban J connectivity index is 2.33. The number of nitrogens with zero attached hydrogens (tertiary/aromatic N) is 1. The van der Waals surface area contributed by atoms with Crippen LogP contribution < -0.4 is 10.6 Å². The molecule has 2 aromatic carbocycles. The summed E-state index contributed by atoms with van der Waals surface area (Å²) in [6.45, 7) is 4.46. The number of rotatable bonds is 5. The number of hydrogen-bond donors (Lipinski definition) is 1. The third kappa shape index (κ3) is 3.42. The molecule has 112 valence electrons. The maximum Gasteiger partial charge on any atom is 0.128 e. The maximum absolute atomic E-state index is 14.1. The molecule has 0 spiro atoms. The van der Waals surface area contributed by atoms with Crippen LogP contribution in [0.2, 0.25) is 0 Å². The zero-order valence-corrected chi connectivity index (χ0v) is 12.9. The minimum atomic E-state index is -0.201. The van der Waals surface area contributed by atoms with E-state index in [-0.39, 0.29) is 11.9 Å². The molecule has 0 fully saturated rings. The molecule has 0 radical (unpaired) electrons. The van der Waals surface area contributed by atoms with Gasteiger partial charge >= 0.3 is 0 Å². The monoisotopic (exact) mass is 286 g/mol. The fourth-order valence-corrected chi connectivity index (χ4v) is 2.56. The van der Waals surface area contributed by atoms with Crippen LogP contribution in [0.15, 0.2) is 42.5 Å². The average molecular weight is 286 g/mol. The third-order valence-corrected chi connectivity index (χ3v) is 3.95. The van der Waals surface area contributed by atoms with Gasteiger partial charge in [0.2, 0.25) is 0 Å². The highest BCUT2D eigenvalue weighted by Gasteiger charge is 2.19. The number of hydrogen-bond acceptors (Lipinski definition) is 2. The molecule has 0 aliphatic carbocycles. The van der Waals surface area contributed by atoms with Gasteiger partial charge in [-0.05, 0) is 37.1 Å². The van der Waals surface area contributed by atoms with Crippen LogP contribution in [-0.4, -0.2) is 13.6 Å². The van der Waals surface area contributed by atoms with Gasteiger partial charge in [-0.1, -0.05) is 36.8 Å². The summed E-state index contributed by atoms with van der Waals surface area (Å²) < 4.78 is 14.1. The Bertz CT molecular complexity index is 593. The molecule has 1 unspecified atom stereocenters. The van der Waals surface area contributed by atoms with Gasteiger partial charge in [-0.2, -0.15) is 0 Å². The second-order valence-electron chi connectivity index (χ2n) is 5.41. The number of halogens is 1. The van der Waals surface area contributed by atoms with Gasteiger partial charge in [-0.25, -0.2) is 4.39 Å². The molecule has 2 N–H and O–H groups in total. The van der Waals surface area contributed by atoms with Crippen molar-refractivity contribution in [3.8, 4) is 0 Å². The number of likely N-dealkylation sites (N-methyl/N-ethyl adjacent to an activating group) is 1. The van der Waals surface area contributed by atoms with Crippen LogP contribution in [0.25, 0.3) is 0 Å². The van der Waals surface area contributed by atoms with E-state index in [0.717, 1.165) is 17.7 Å². The van der Waals surface area contributed by atoms with Crippen molar-refractivity contribution in [2.24, 2.45) is 5.73 Å². The molecule has 21 heavy (non-hydrogen) atoms. The van der Waals surface area contributed by atoms with Crippen molar-refractivity contribution in [2.45, 2.75) is 26.3 Å². The fraction of sp³-hybridized carbons (Fsp3) is 0.333. The molecule has 3 heteroatoms. The molecule has 0 bridgehead atoms. The second-order valence-corrected chi connectivity index (χ2v) is 5.41. The Kier molecular flexibility index (Phi) is 4.97. The lowest BCUT2D eigenvalue weighted by Crippen LogP contribution is -2.31. The summed E-state index contributed by atoms with van der Waals surface area (Å²) in [4.78, 5) is 2.04. The molecular formula is C18H23FN2. The molecule has 0 aliphatic rings. The molecular weight excluding hydrogens is 263 g/mol. The van der Waals surface area contributed by atoms with Crippen LogP contribution in [0.4, 0.5) is 10.1 Å². The molecule has 0 aromatic heterocycles. The van der Waals surface area contributed by atoms with Crippen molar-refractivity contribution in [2.75, 3.05) is 18.5 Å². The number of anilines is 1. The van der Waals surface area contributed by atoms with Gasteiger partial charge in [0.15, 0.2) is 0 Å². The van der Waals surface area contributed by atoms with Crippen LogP contribution in [0.5, 0.6) is 0 Å². The van der Waals surface area contributed by atoms with E-state index in [1.165, 1.54) is 11.6 Å². The molecule has 0 amide bonds. The molecule has 2 rings (SSSR count). The Morgan fingerprint density at radius 3 is 2.38 bits per heavy atom. The van der Waals surface area contributed by atoms with Crippen LogP contribution in [0.1, 0.15) is 29.7 Å². The summed E-state index contributed by atoms with van der Waals surface area (Å²) in [5.41, 5.74) is 9.94. The standard InChI is InChI=1S/C18H23FN2/c1-4-14-6-8-15(9-7-14)21(3)18(12-20)16-11-13(2)5-10-17(16)19/h5-11,18H,4,12,20H2,1-3H3. The molecule has 0 saturated carbocycles. The molecule has 1 atom stereocenters. The zero-order chi connectivity index (χ0) is 15.4. The zero-order valence-electron chi connectivity index (χ0n) is 12.9. The average Bonchev–Trinajstić information content (AvgIpc) is 2.51. The second kappa shape index (κ2) is 6.72. The lowest BCUT2D eigenvalue weighted by molar-refractivity contribution is 0.572. The number of aryl methyl sites for hydroxylation is 2.